The fourth-order valence-electron chi connectivity index (χ4n) is 1.92. The van der Waals surface area contributed by atoms with Crippen LogP contribution in [0.5, 0.6) is 0 Å². The molecule has 6 heteroatoms. The zero-order valence-electron chi connectivity index (χ0n) is 11.3. The number of nitriles is 1. The van der Waals surface area contributed by atoms with Gasteiger partial charge in [-0.2, -0.15) is 5.26 Å². The monoisotopic (exact) mass is 282 g/mol. The van der Waals surface area contributed by atoms with Gasteiger partial charge in [0, 0.05) is 12.6 Å². The number of benzene rings is 1. The summed E-state index contributed by atoms with van der Waals surface area (Å²) in [5, 5.41) is 22.7. The van der Waals surface area contributed by atoms with Crippen molar-refractivity contribution in [3.63, 3.8) is 0 Å². The number of hydrogen-bond acceptors (Lipinski definition) is 5. The molecule has 0 atom stereocenters. The quantitative estimate of drug-likeness (QED) is 0.499. The molecule has 1 aromatic carbocycles. The van der Waals surface area contributed by atoms with E-state index >= 15 is 0 Å². The molecule has 0 saturated heterocycles. The van der Waals surface area contributed by atoms with E-state index in [1.54, 1.807) is 0 Å². The molecule has 0 spiro atoms. The molecule has 1 aromatic heterocycles. The predicted molar refractivity (Wildman–Crippen MR) is 78.9 cm³/mol. The van der Waals surface area contributed by atoms with E-state index in [2.05, 4.69) is 22.4 Å². The molecule has 0 aliphatic rings. The van der Waals surface area contributed by atoms with Crippen molar-refractivity contribution in [3.8, 4) is 6.07 Å². The Morgan fingerprint density at radius 3 is 2.76 bits per heavy atom. The Balaban J connectivity index is 1.91. The molecule has 21 heavy (non-hydrogen) atoms. The number of aryl methyl sites for hydroxylation is 1. The van der Waals surface area contributed by atoms with E-state index in [-0.39, 0.29) is 11.3 Å². The summed E-state index contributed by atoms with van der Waals surface area (Å²) in [6.07, 6.45) is 2.95. The van der Waals surface area contributed by atoms with Crippen molar-refractivity contribution in [2.24, 2.45) is 0 Å². The molecular formula is C15H14N4O2. The minimum absolute atomic E-state index is 0.179. The summed E-state index contributed by atoms with van der Waals surface area (Å²) in [7, 11) is 0. The van der Waals surface area contributed by atoms with Crippen LogP contribution in [0.15, 0.2) is 42.6 Å². The fraction of sp³-hybridized carbons (Fsp3) is 0.200. The summed E-state index contributed by atoms with van der Waals surface area (Å²) in [5.41, 5.74) is 1.25. The second-order valence-electron chi connectivity index (χ2n) is 4.47. The maximum absolute atomic E-state index is 10.6. The zero-order valence-corrected chi connectivity index (χ0v) is 11.3. The number of nitro groups is 1. The maximum Gasteiger partial charge on any atom is 0.289 e. The first-order valence-electron chi connectivity index (χ1n) is 6.53. The predicted octanol–water partition coefficient (Wildman–Crippen LogP) is 2.91. The van der Waals surface area contributed by atoms with Gasteiger partial charge in [0.1, 0.15) is 23.6 Å². The Morgan fingerprint density at radius 2 is 2.10 bits per heavy atom. The van der Waals surface area contributed by atoms with Crippen molar-refractivity contribution >= 4 is 11.5 Å². The molecule has 0 aliphatic carbocycles. The molecule has 0 saturated carbocycles. The van der Waals surface area contributed by atoms with Gasteiger partial charge < -0.3 is 5.32 Å². The van der Waals surface area contributed by atoms with Gasteiger partial charge in [-0.1, -0.05) is 30.3 Å². The topological polar surface area (TPSA) is 91.8 Å². The fourth-order valence-corrected chi connectivity index (χ4v) is 1.92. The molecule has 0 amide bonds. The highest BCUT2D eigenvalue weighted by molar-refractivity contribution is 5.55. The molecule has 2 rings (SSSR count). The van der Waals surface area contributed by atoms with Gasteiger partial charge >= 0.3 is 0 Å². The lowest BCUT2D eigenvalue weighted by Crippen LogP contribution is -2.06. The number of nitrogens with one attached hydrogen (secondary N) is 1. The number of anilines is 1. The first-order valence-corrected chi connectivity index (χ1v) is 6.53. The summed E-state index contributed by atoms with van der Waals surface area (Å²) >= 11 is 0. The largest absolute Gasteiger partial charge is 0.369 e. The molecule has 106 valence electrons. The van der Waals surface area contributed by atoms with Crippen molar-refractivity contribution in [1.82, 2.24) is 4.98 Å². The smallest absolute Gasteiger partial charge is 0.289 e. The molecule has 0 aliphatic heterocycles. The van der Waals surface area contributed by atoms with Gasteiger partial charge in [-0.15, -0.1) is 0 Å². The highest BCUT2D eigenvalue weighted by Crippen LogP contribution is 2.18. The second kappa shape index (κ2) is 7.01. The molecule has 0 radical (unpaired) electrons. The van der Waals surface area contributed by atoms with Crippen LogP contribution in [0.25, 0.3) is 0 Å². The standard InChI is InChI=1S/C15H14N4O2/c16-10-13-9-14(19(20)21)11-18-15(13)17-8-4-7-12-5-2-1-3-6-12/h1-3,5-6,9,11H,4,7-8H2,(H,17,18). The lowest BCUT2D eigenvalue weighted by Gasteiger charge is -2.07. The van der Waals surface area contributed by atoms with E-state index in [4.69, 9.17) is 5.26 Å². The third kappa shape index (κ3) is 4.01. The van der Waals surface area contributed by atoms with Gasteiger partial charge in [0.05, 0.1) is 4.92 Å². The lowest BCUT2D eigenvalue weighted by atomic mass is 10.1. The van der Waals surface area contributed by atoms with Crippen LogP contribution >= 0.6 is 0 Å². The summed E-state index contributed by atoms with van der Waals surface area (Å²) in [4.78, 5) is 14.0. The molecule has 0 bridgehead atoms. The van der Waals surface area contributed by atoms with Gasteiger partial charge in [-0.25, -0.2) is 4.98 Å². The first-order chi connectivity index (χ1) is 10.2. The molecule has 2 aromatic rings. The van der Waals surface area contributed by atoms with Crippen LogP contribution < -0.4 is 5.32 Å². The zero-order chi connectivity index (χ0) is 15.1. The molecule has 0 unspecified atom stereocenters. The summed E-state index contributed by atoms with van der Waals surface area (Å²) < 4.78 is 0. The van der Waals surface area contributed by atoms with Crippen LogP contribution in [0.4, 0.5) is 11.5 Å². The Morgan fingerprint density at radius 1 is 1.33 bits per heavy atom. The van der Waals surface area contributed by atoms with Crippen molar-refractivity contribution in [2.45, 2.75) is 12.8 Å². The second-order valence-corrected chi connectivity index (χ2v) is 4.47. The minimum Gasteiger partial charge on any atom is -0.369 e. The highest BCUT2D eigenvalue weighted by atomic mass is 16.6. The Labute approximate surface area is 122 Å². The van der Waals surface area contributed by atoms with Gasteiger partial charge in [-0.3, -0.25) is 10.1 Å². The Bertz CT molecular complexity index is 665. The van der Waals surface area contributed by atoms with Gasteiger partial charge in [-0.05, 0) is 18.4 Å². The van der Waals surface area contributed by atoms with E-state index in [9.17, 15) is 10.1 Å². The van der Waals surface area contributed by atoms with Crippen LogP contribution in [0.3, 0.4) is 0 Å². The van der Waals surface area contributed by atoms with Gasteiger partial charge in [0.2, 0.25) is 0 Å². The summed E-state index contributed by atoms with van der Waals surface area (Å²) in [6, 6.07) is 13.2. The van der Waals surface area contributed by atoms with E-state index in [1.807, 2.05) is 24.3 Å². The lowest BCUT2D eigenvalue weighted by molar-refractivity contribution is -0.385. The third-order valence-corrected chi connectivity index (χ3v) is 2.98. The van der Waals surface area contributed by atoms with Crippen LogP contribution in [0, 0.1) is 21.4 Å². The molecule has 6 nitrogen and oxygen atoms in total. The SMILES string of the molecule is N#Cc1cc([N+](=O)[O-])cnc1NCCCc1ccccc1. The van der Waals surface area contributed by atoms with E-state index in [0.29, 0.717) is 12.4 Å². The first kappa shape index (κ1) is 14.5. The number of aromatic nitrogens is 1. The van der Waals surface area contributed by atoms with Gasteiger partial charge in [0.15, 0.2) is 0 Å². The van der Waals surface area contributed by atoms with Crippen molar-refractivity contribution in [1.29, 1.82) is 5.26 Å². The van der Waals surface area contributed by atoms with E-state index in [0.717, 1.165) is 19.0 Å². The van der Waals surface area contributed by atoms with Crippen LogP contribution in [-0.4, -0.2) is 16.5 Å². The minimum atomic E-state index is -0.562. The normalized spacial score (nSPS) is 9.86. The molecule has 0 fully saturated rings. The number of rotatable bonds is 6. The van der Waals surface area contributed by atoms with Gasteiger partial charge in [0.25, 0.3) is 5.69 Å². The number of nitrogens with zero attached hydrogens (tertiary/aromatic N) is 3. The average molecular weight is 282 g/mol. The maximum atomic E-state index is 10.6. The van der Waals surface area contributed by atoms with Crippen molar-refractivity contribution in [2.75, 3.05) is 11.9 Å². The third-order valence-electron chi connectivity index (χ3n) is 2.98. The number of pyridine rings is 1. The Kier molecular flexibility index (Phi) is 4.83. The van der Waals surface area contributed by atoms with E-state index in [1.165, 1.54) is 11.6 Å². The van der Waals surface area contributed by atoms with Crippen molar-refractivity contribution < 1.29 is 4.92 Å². The summed E-state index contributed by atoms with van der Waals surface area (Å²) in [5.74, 6) is 0.385. The Hall–Kier alpha value is -2.94. The van der Waals surface area contributed by atoms with Crippen LogP contribution in [0.2, 0.25) is 0 Å². The van der Waals surface area contributed by atoms with Crippen LogP contribution in [-0.2, 0) is 6.42 Å². The van der Waals surface area contributed by atoms with Crippen LogP contribution in [0.1, 0.15) is 17.5 Å². The summed E-state index contributed by atoms with van der Waals surface area (Å²) in [6.45, 7) is 0.647. The van der Waals surface area contributed by atoms with Crippen molar-refractivity contribution in [3.05, 3.63) is 63.8 Å². The number of hydrogen-bond donors (Lipinski definition) is 1. The molecule has 1 N–H and O–H groups in total. The molecular weight excluding hydrogens is 268 g/mol. The average Bonchev–Trinajstić information content (AvgIpc) is 2.52. The highest BCUT2D eigenvalue weighted by Gasteiger charge is 2.11. The molecule has 1 heterocycles. The van der Waals surface area contributed by atoms with E-state index < -0.39 is 4.92 Å².